The maximum Gasteiger partial charge on any atom is 0.0897 e. The van der Waals surface area contributed by atoms with Gasteiger partial charge in [0.15, 0.2) is 0 Å². The summed E-state index contributed by atoms with van der Waals surface area (Å²) in [6, 6.07) is 11.8. The van der Waals surface area contributed by atoms with Crippen molar-refractivity contribution in [2.24, 2.45) is 0 Å². The monoisotopic (exact) mass is 364 g/mol. The highest BCUT2D eigenvalue weighted by Crippen LogP contribution is 2.13. The summed E-state index contributed by atoms with van der Waals surface area (Å²) in [4.78, 5) is 8.54. The van der Waals surface area contributed by atoms with Crippen molar-refractivity contribution in [2.45, 2.75) is 25.0 Å². The van der Waals surface area contributed by atoms with Gasteiger partial charge in [-0.1, -0.05) is 12.1 Å². The molecule has 130 valence electrons. The molecule has 0 fully saturated rings. The first-order chi connectivity index (χ1) is 11.8. The number of aliphatic hydroxyl groups excluding tert-OH is 2. The molecule has 2 heterocycles. The zero-order valence-corrected chi connectivity index (χ0v) is 15.3. The largest absolute Gasteiger partial charge is 0.390 e. The number of hydrogen-bond donors (Lipinski definition) is 2. The Hall–Kier alpha value is -1.08. The number of thioether (sulfide) groups is 2. The highest BCUT2D eigenvalue weighted by molar-refractivity contribution is 7.99. The first-order valence-corrected chi connectivity index (χ1v) is 10.4. The van der Waals surface area contributed by atoms with Crippen LogP contribution in [-0.4, -0.2) is 55.4 Å². The van der Waals surface area contributed by atoms with Crippen molar-refractivity contribution >= 4 is 23.5 Å². The van der Waals surface area contributed by atoms with Crippen molar-refractivity contribution < 1.29 is 10.2 Å². The Balaban J connectivity index is 1.52. The summed E-state index contributed by atoms with van der Waals surface area (Å²) < 4.78 is 0. The third-order valence-electron chi connectivity index (χ3n) is 3.48. The molecule has 4 nitrogen and oxygen atoms in total. The molecule has 2 N–H and O–H groups in total. The number of hydrogen-bond acceptors (Lipinski definition) is 6. The van der Waals surface area contributed by atoms with Crippen LogP contribution in [0.25, 0.3) is 0 Å². The zero-order chi connectivity index (χ0) is 17.0. The molecule has 0 aliphatic rings. The van der Waals surface area contributed by atoms with E-state index in [9.17, 15) is 10.2 Å². The van der Waals surface area contributed by atoms with Gasteiger partial charge in [0.2, 0.25) is 0 Å². The van der Waals surface area contributed by atoms with Crippen molar-refractivity contribution in [1.29, 1.82) is 0 Å². The van der Waals surface area contributed by atoms with Gasteiger partial charge in [-0.15, -0.1) is 0 Å². The number of aliphatic hydroxyl groups is 2. The fourth-order valence-corrected chi connectivity index (χ4v) is 4.04. The highest BCUT2D eigenvalue weighted by Gasteiger charge is 2.16. The molecule has 0 radical (unpaired) electrons. The Kier molecular flexibility index (Phi) is 9.20. The van der Waals surface area contributed by atoms with Gasteiger partial charge >= 0.3 is 0 Å². The van der Waals surface area contributed by atoms with E-state index in [0.717, 1.165) is 35.7 Å². The van der Waals surface area contributed by atoms with Gasteiger partial charge in [0.25, 0.3) is 0 Å². The number of aromatic nitrogens is 2. The predicted molar refractivity (Wildman–Crippen MR) is 103 cm³/mol. The Bertz CT molecular complexity index is 506. The van der Waals surface area contributed by atoms with Gasteiger partial charge in [-0.25, -0.2) is 0 Å². The van der Waals surface area contributed by atoms with Crippen LogP contribution in [0.15, 0.2) is 48.8 Å². The quantitative estimate of drug-likeness (QED) is 0.597. The maximum absolute atomic E-state index is 10.0. The molecule has 2 rings (SSSR count). The molecule has 0 saturated heterocycles. The molecule has 0 saturated carbocycles. The first kappa shape index (κ1) is 19.2. The molecule has 0 unspecified atom stereocenters. The van der Waals surface area contributed by atoms with Gasteiger partial charge in [-0.05, 0) is 48.6 Å². The van der Waals surface area contributed by atoms with Crippen molar-refractivity contribution in [3.05, 3.63) is 60.2 Å². The van der Waals surface area contributed by atoms with E-state index in [1.807, 2.05) is 36.4 Å². The Morgan fingerprint density at radius 1 is 0.750 bits per heavy atom. The molecular formula is C18H24N2O2S2. The lowest BCUT2D eigenvalue weighted by Gasteiger charge is -2.17. The van der Waals surface area contributed by atoms with Gasteiger partial charge < -0.3 is 10.2 Å². The maximum atomic E-state index is 10.0. The number of nitrogens with zero attached hydrogens (tertiary/aromatic N) is 2. The Morgan fingerprint density at radius 2 is 1.21 bits per heavy atom. The summed E-state index contributed by atoms with van der Waals surface area (Å²) in [6.45, 7) is 0. The average Bonchev–Trinajstić information content (AvgIpc) is 2.63. The van der Waals surface area contributed by atoms with Crippen molar-refractivity contribution in [3.8, 4) is 0 Å². The third kappa shape index (κ3) is 7.66. The van der Waals surface area contributed by atoms with E-state index in [0.29, 0.717) is 11.5 Å². The van der Waals surface area contributed by atoms with Crippen LogP contribution in [0.1, 0.15) is 11.4 Å². The van der Waals surface area contributed by atoms with E-state index in [1.54, 1.807) is 35.9 Å². The number of rotatable bonds is 11. The fourth-order valence-electron chi connectivity index (χ4n) is 2.08. The second-order valence-electron chi connectivity index (χ2n) is 5.43. The first-order valence-electron chi connectivity index (χ1n) is 8.07. The van der Waals surface area contributed by atoms with E-state index in [4.69, 9.17) is 0 Å². The molecular weight excluding hydrogens is 340 g/mol. The van der Waals surface area contributed by atoms with Crippen molar-refractivity contribution in [1.82, 2.24) is 9.97 Å². The molecule has 0 aliphatic heterocycles. The van der Waals surface area contributed by atoms with E-state index >= 15 is 0 Å². The molecule has 0 aromatic carbocycles. The van der Waals surface area contributed by atoms with Crippen LogP contribution in [-0.2, 0) is 12.8 Å². The summed E-state index contributed by atoms with van der Waals surface area (Å²) in [7, 11) is 0. The highest BCUT2D eigenvalue weighted by atomic mass is 32.2. The fraction of sp³-hybridized carbons (Fsp3) is 0.444. The SMILES string of the molecule is O[C@H](CSCCc1ccccn1)[C@@H](O)CSCCc1ccccn1. The van der Waals surface area contributed by atoms with Crippen LogP contribution in [0, 0.1) is 0 Å². The smallest absolute Gasteiger partial charge is 0.0897 e. The van der Waals surface area contributed by atoms with Crippen LogP contribution < -0.4 is 0 Å². The Morgan fingerprint density at radius 3 is 1.58 bits per heavy atom. The standard InChI is InChI=1S/C18H24N2O2S2/c21-17(13-23-11-7-15-5-1-3-9-19-15)18(22)14-24-12-8-16-6-2-4-10-20-16/h1-6,9-10,17-18,21-22H,7-8,11-14H2/t17-,18+. The van der Waals surface area contributed by atoms with Crippen molar-refractivity contribution in [3.63, 3.8) is 0 Å². The second-order valence-corrected chi connectivity index (χ2v) is 7.73. The summed E-state index contributed by atoms with van der Waals surface area (Å²) in [6.07, 6.45) is 3.99. The molecule has 0 spiro atoms. The lowest BCUT2D eigenvalue weighted by Crippen LogP contribution is -2.30. The summed E-state index contributed by atoms with van der Waals surface area (Å²) in [5.41, 5.74) is 2.12. The van der Waals surface area contributed by atoms with Crippen LogP contribution >= 0.6 is 23.5 Å². The normalized spacial score (nSPS) is 13.6. The molecule has 0 aliphatic carbocycles. The topological polar surface area (TPSA) is 66.2 Å². The van der Waals surface area contributed by atoms with Gasteiger partial charge in [0.05, 0.1) is 12.2 Å². The molecule has 24 heavy (non-hydrogen) atoms. The average molecular weight is 365 g/mol. The van der Waals surface area contributed by atoms with E-state index < -0.39 is 12.2 Å². The minimum Gasteiger partial charge on any atom is -0.390 e. The number of pyridine rings is 2. The van der Waals surface area contributed by atoms with E-state index in [-0.39, 0.29) is 0 Å². The number of aryl methyl sites for hydroxylation is 2. The van der Waals surface area contributed by atoms with E-state index in [2.05, 4.69) is 9.97 Å². The lowest BCUT2D eigenvalue weighted by atomic mass is 10.3. The van der Waals surface area contributed by atoms with Crippen LogP contribution in [0.3, 0.4) is 0 Å². The van der Waals surface area contributed by atoms with Crippen LogP contribution in [0.2, 0.25) is 0 Å². The van der Waals surface area contributed by atoms with Crippen molar-refractivity contribution in [2.75, 3.05) is 23.0 Å². The minimum atomic E-state index is -0.680. The predicted octanol–water partition coefficient (Wildman–Crippen LogP) is 2.45. The second kappa shape index (κ2) is 11.5. The van der Waals surface area contributed by atoms with Crippen LogP contribution in [0.4, 0.5) is 0 Å². The molecule has 2 aromatic rings. The van der Waals surface area contributed by atoms with Gasteiger partial charge in [0.1, 0.15) is 0 Å². The summed E-state index contributed by atoms with van der Waals surface area (Å²) >= 11 is 3.30. The van der Waals surface area contributed by atoms with Crippen LogP contribution in [0.5, 0.6) is 0 Å². The molecule has 0 amide bonds. The molecule has 2 atom stereocenters. The summed E-state index contributed by atoms with van der Waals surface area (Å²) in [5, 5.41) is 20.0. The van der Waals surface area contributed by atoms with Gasteiger partial charge in [-0.2, -0.15) is 23.5 Å². The zero-order valence-electron chi connectivity index (χ0n) is 13.6. The minimum absolute atomic E-state index is 0.550. The lowest BCUT2D eigenvalue weighted by molar-refractivity contribution is 0.0500. The summed E-state index contributed by atoms with van der Waals surface area (Å²) in [5.74, 6) is 2.89. The third-order valence-corrected chi connectivity index (χ3v) is 5.62. The van der Waals surface area contributed by atoms with E-state index in [1.165, 1.54) is 0 Å². The van der Waals surface area contributed by atoms with Gasteiger partial charge in [-0.3, -0.25) is 9.97 Å². The molecule has 6 heteroatoms. The van der Waals surface area contributed by atoms with Gasteiger partial charge in [0, 0.05) is 35.3 Å². The molecule has 2 aromatic heterocycles. The molecule has 0 bridgehead atoms. The Labute approximate surface area is 152 Å².